The number of carboxylic acid groups (broad SMARTS) is 1. The Morgan fingerprint density at radius 2 is 1.89 bits per heavy atom. The highest BCUT2D eigenvalue weighted by atomic mass is 16.4. The zero-order valence-corrected chi connectivity index (χ0v) is 10.2. The molecule has 5 nitrogen and oxygen atoms in total. The molecule has 0 heterocycles. The van der Waals surface area contributed by atoms with E-state index in [1.54, 1.807) is 7.05 Å². The fourth-order valence-corrected chi connectivity index (χ4v) is 1.84. The van der Waals surface area contributed by atoms with Crippen LogP contribution in [0.15, 0.2) is 30.3 Å². The standard InChI is InChI=1S/C13H16N2O3/c1-14(10-5-3-2-4-6-10)13(18)15(9-12(16)17)11-7-8-11/h2-6,11H,7-9H2,1H3,(H,16,17). The molecule has 1 fully saturated rings. The second-order valence-corrected chi connectivity index (χ2v) is 4.43. The van der Waals surface area contributed by atoms with Crippen LogP contribution in [-0.4, -0.2) is 41.6 Å². The molecule has 0 aromatic heterocycles. The van der Waals surface area contributed by atoms with Gasteiger partial charge in [0.2, 0.25) is 0 Å². The average Bonchev–Trinajstić information content (AvgIpc) is 3.19. The van der Waals surface area contributed by atoms with Crippen LogP contribution >= 0.6 is 0 Å². The molecule has 0 aliphatic heterocycles. The summed E-state index contributed by atoms with van der Waals surface area (Å²) in [4.78, 5) is 26.0. The van der Waals surface area contributed by atoms with E-state index in [9.17, 15) is 9.59 Å². The summed E-state index contributed by atoms with van der Waals surface area (Å²) in [6.07, 6.45) is 1.78. The van der Waals surface area contributed by atoms with Crippen molar-refractivity contribution in [1.82, 2.24) is 4.90 Å². The zero-order chi connectivity index (χ0) is 13.1. The fraction of sp³-hybridized carbons (Fsp3) is 0.385. The average molecular weight is 248 g/mol. The van der Waals surface area contributed by atoms with E-state index in [1.165, 1.54) is 9.80 Å². The number of carboxylic acids is 1. The van der Waals surface area contributed by atoms with Crippen molar-refractivity contribution in [2.75, 3.05) is 18.5 Å². The smallest absolute Gasteiger partial charge is 0.324 e. The molecule has 1 aromatic rings. The van der Waals surface area contributed by atoms with Crippen molar-refractivity contribution in [2.24, 2.45) is 0 Å². The lowest BCUT2D eigenvalue weighted by Crippen LogP contribution is -2.45. The van der Waals surface area contributed by atoms with Crippen molar-refractivity contribution in [3.63, 3.8) is 0 Å². The maximum atomic E-state index is 12.2. The molecule has 0 spiro atoms. The van der Waals surface area contributed by atoms with Gasteiger partial charge in [-0.15, -0.1) is 0 Å². The SMILES string of the molecule is CN(C(=O)N(CC(=O)O)C1CC1)c1ccccc1. The molecule has 18 heavy (non-hydrogen) atoms. The number of carbonyl (C=O) groups excluding carboxylic acids is 1. The van der Waals surface area contributed by atoms with Gasteiger partial charge in [-0.05, 0) is 25.0 Å². The molecule has 1 aromatic carbocycles. The minimum atomic E-state index is -0.975. The Bertz CT molecular complexity index is 443. The van der Waals surface area contributed by atoms with Crippen molar-refractivity contribution >= 4 is 17.7 Å². The Kier molecular flexibility index (Phi) is 3.50. The molecule has 5 heteroatoms. The lowest BCUT2D eigenvalue weighted by atomic mass is 10.3. The topological polar surface area (TPSA) is 60.9 Å². The number of rotatable bonds is 4. The Morgan fingerprint density at radius 3 is 2.39 bits per heavy atom. The van der Waals surface area contributed by atoms with Gasteiger partial charge in [0, 0.05) is 18.8 Å². The number of nitrogens with zero attached hydrogens (tertiary/aromatic N) is 2. The predicted molar refractivity (Wildman–Crippen MR) is 67.6 cm³/mol. The van der Waals surface area contributed by atoms with Crippen LogP contribution < -0.4 is 4.90 Å². The molecule has 0 radical (unpaired) electrons. The largest absolute Gasteiger partial charge is 0.480 e. The Hall–Kier alpha value is -2.04. The minimum Gasteiger partial charge on any atom is -0.480 e. The Morgan fingerprint density at radius 1 is 1.28 bits per heavy atom. The number of benzene rings is 1. The molecular weight excluding hydrogens is 232 g/mol. The zero-order valence-electron chi connectivity index (χ0n) is 10.2. The fourth-order valence-electron chi connectivity index (χ4n) is 1.84. The summed E-state index contributed by atoms with van der Waals surface area (Å²) >= 11 is 0. The van der Waals surface area contributed by atoms with Gasteiger partial charge < -0.3 is 10.0 Å². The molecule has 2 rings (SSSR count). The van der Waals surface area contributed by atoms with Gasteiger partial charge in [-0.2, -0.15) is 0 Å². The third kappa shape index (κ3) is 2.80. The summed E-state index contributed by atoms with van der Waals surface area (Å²) in [5, 5.41) is 8.85. The van der Waals surface area contributed by atoms with Gasteiger partial charge in [0.1, 0.15) is 6.54 Å². The van der Waals surface area contributed by atoms with Crippen LogP contribution in [0.5, 0.6) is 0 Å². The second-order valence-electron chi connectivity index (χ2n) is 4.43. The summed E-state index contributed by atoms with van der Waals surface area (Å²) < 4.78 is 0. The number of anilines is 1. The Labute approximate surface area is 106 Å². The molecule has 0 bridgehead atoms. The summed E-state index contributed by atoms with van der Waals surface area (Å²) in [6, 6.07) is 9.03. The van der Waals surface area contributed by atoms with Crippen LogP contribution in [0, 0.1) is 0 Å². The van der Waals surface area contributed by atoms with E-state index >= 15 is 0 Å². The van der Waals surface area contributed by atoms with Gasteiger partial charge in [0.25, 0.3) is 0 Å². The van der Waals surface area contributed by atoms with Crippen LogP contribution in [0.1, 0.15) is 12.8 Å². The highest BCUT2D eigenvalue weighted by Gasteiger charge is 2.35. The van der Waals surface area contributed by atoms with E-state index in [0.29, 0.717) is 0 Å². The van der Waals surface area contributed by atoms with Crippen molar-refractivity contribution < 1.29 is 14.7 Å². The van der Waals surface area contributed by atoms with E-state index in [2.05, 4.69) is 0 Å². The van der Waals surface area contributed by atoms with Crippen LogP contribution in [0.4, 0.5) is 10.5 Å². The second kappa shape index (κ2) is 5.08. The van der Waals surface area contributed by atoms with Crippen molar-refractivity contribution in [2.45, 2.75) is 18.9 Å². The van der Waals surface area contributed by atoms with E-state index in [1.807, 2.05) is 30.3 Å². The first-order valence-electron chi connectivity index (χ1n) is 5.91. The first-order valence-corrected chi connectivity index (χ1v) is 5.91. The van der Waals surface area contributed by atoms with Gasteiger partial charge in [0.15, 0.2) is 0 Å². The van der Waals surface area contributed by atoms with Crippen LogP contribution in [0.3, 0.4) is 0 Å². The number of urea groups is 1. The highest BCUT2D eigenvalue weighted by Crippen LogP contribution is 2.28. The monoisotopic (exact) mass is 248 g/mol. The van der Waals surface area contributed by atoms with Crippen molar-refractivity contribution in [1.29, 1.82) is 0 Å². The third-order valence-corrected chi connectivity index (χ3v) is 2.97. The van der Waals surface area contributed by atoms with Gasteiger partial charge in [-0.3, -0.25) is 9.69 Å². The molecule has 96 valence electrons. The predicted octanol–water partition coefficient (Wildman–Crippen LogP) is 1.79. The van der Waals surface area contributed by atoms with E-state index in [-0.39, 0.29) is 18.6 Å². The number of hydrogen-bond acceptors (Lipinski definition) is 2. The van der Waals surface area contributed by atoms with E-state index in [4.69, 9.17) is 5.11 Å². The van der Waals surface area contributed by atoms with Crippen LogP contribution in [0.25, 0.3) is 0 Å². The number of para-hydroxylation sites is 1. The molecule has 1 saturated carbocycles. The molecule has 2 amide bonds. The van der Waals surface area contributed by atoms with Gasteiger partial charge in [-0.1, -0.05) is 18.2 Å². The normalized spacial score (nSPS) is 14.1. The molecule has 1 aliphatic carbocycles. The van der Waals surface area contributed by atoms with Gasteiger partial charge in [0.05, 0.1) is 0 Å². The lowest BCUT2D eigenvalue weighted by Gasteiger charge is -2.27. The highest BCUT2D eigenvalue weighted by molar-refractivity contribution is 5.93. The molecule has 0 atom stereocenters. The summed E-state index contributed by atoms with van der Waals surface area (Å²) in [7, 11) is 1.66. The maximum Gasteiger partial charge on any atom is 0.324 e. The van der Waals surface area contributed by atoms with Crippen molar-refractivity contribution in [3.8, 4) is 0 Å². The molecule has 0 saturated heterocycles. The van der Waals surface area contributed by atoms with Gasteiger partial charge in [-0.25, -0.2) is 4.79 Å². The molecular formula is C13H16N2O3. The summed E-state index contributed by atoms with van der Waals surface area (Å²) in [5.41, 5.74) is 0.763. The molecule has 1 aliphatic rings. The van der Waals surface area contributed by atoms with E-state index < -0.39 is 5.97 Å². The molecule has 0 unspecified atom stereocenters. The number of hydrogen-bond donors (Lipinski definition) is 1. The molecule has 1 N–H and O–H groups in total. The number of carbonyl (C=O) groups is 2. The Balaban J connectivity index is 2.10. The van der Waals surface area contributed by atoms with Crippen molar-refractivity contribution in [3.05, 3.63) is 30.3 Å². The first-order chi connectivity index (χ1) is 8.59. The van der Waals surface area contributed by atoms with Gasteiger partial charge >= 0.3 is 12.0 Å². The first kappa shape index (κ1) is 12.4. The number of amides is 2. The van der Waals surface area contributed by atoms with E-state index in [0.717, 1.165) is 18.5 Å². The quantitative estimate of drug-likeness (QED) is 0.883. The minimum absolute atomic E-state index is 0.0831. The number of aliphatic carboxylic acids is 1. The third-order valence-electron chi connectivity index (χ3n) is 2.97. The van der Waals surface area contributed by atoms with Crippen LogP contribution in [-0.2, 0) is 4.79 Å². The summed E-state index contributed by atoms with van der Waals surface area (Å²) in [6.45, 7) is -0.235. The van der Waals surface area contributed by atoms with Crippen LogP contribution in [0.2, 0.25) is 0 Å². The summed E-state index contributed by atoms with van der Waals surface area (Å²) in [5.74, 6) is -0.975. The maximum absolute atomic E-state index is 12.2. The lowest BCUT2D eigenvalue weighted by molar-refractivity contribution is -0.137.